The van der Waals surface area contributed by atoms with E-state index in [0.29, 0.717) is 11.6 Å². The molecule has 2 rings (SSSR count). The van der Waals surface area contributed by atoms with Gasteiger partial charge in [-0.3, -0.25) is 15.6 Å². The van der Waals surface area contributed by atoms with Crippen molar-refractivity contribution in [1.29, 1.82) is 0 Å². The fourth-order valence-corrected chi connectivity index (χ4v) is 3.20. The van der Waals surface area contributed by atoms with Gasteiger partial charge in [-0.1, -0.05) is 54.2 Å². The molecule has 2 N–H and O–H groups in total. The Hall–Kier alpha value is -2.11. The molecule has 28 heavy (non-hydrogen) atoms. The van der Waals surface area contributed by atoms with Crippen LogP contribution in [0.3, 0.4) is 0 Å². The molecule has 2 heterocycles. The summed E-state index contributed by atoms with van der Waals surface area (Å²) >= 11 is 0. The number of imidazole rings is 1. The molecular weight excluding hydrogens is 348 g/mol. The summed E-state index contributed by atoms with van der Waals surface area (Å²) in [6.45, 7) is 20.2. The smallest absolute Gasteiger partial charge is 0.137 e. The predicted molar refractivity (Wildman–Crippen MR) is 117 cm³/mol. The average molecular weight is 385 g/mol. The minimum Gasteiger partial charge on any atom is -0.302 e. The van der Waals surface area contributed by atoms with E-state index in [1.165, 1.54) is 12.1 Å². The van der Waals surface area contributed by atoms with Gasteiger partial charge < -0.3 is 4.40 Å². The number of allylic oxidation sites excluding steroid dienone is 1. The molecule has 2 aromatic heterocycles. The van der Waals surface area contributed by atoms with E-state index in [0.717, 1.165) is 36.5 Å². The molecule has 0 saturated heterocycles. The average Bonchev–Trinajstić information content (AvgIpc) is 3.00. The SMILES string of the molecule is C=C(/C=C/c1ccn2c(CN(CC)CCC(C)C)c(C(C)(C)C)nc2c1)NO. The highest BCUT2D eigenvalue weighted by atomic mass is 16.5. The number of nitrogens with one attached hydrogen (secondary N) is 1. The van der Waals surface area contributed by atoms with Crippen molar-refractivity contribution in [2.75, 3.05) is 13.1 Å². The summed E-state index contributed by atoms with van der Waals surface area (Å²) in [5.41, 5.74) is 6.86. The van der Waals surface area contributed by atoms with Crippen LogP contribution in [0.5, 0.6) is 0 Å². The van der Waals surface area contributed by atoms with Crippen LogP contribution < -0.4 is 5.48 Å². The van der Waals surface area contributed by atoms with Gasteiger partial charge in [0.15, 0.2) is 0 Å². The van der Waals surface area contributed by atoms with E-state index >= 15 is 0 Å². The molecule has 5 nitrogen and oxygen atoms in total. The van der Waals surface area contributed by atoms with E-state index in [2.05, 4.69) is 75.8 Å². The van der Waals surface area contributed by atoms with E-state index in [9.17, 15) is 0 Å². The van der Waals surface area contributed by atoms with Crippen molar-refractivity contribution >= 4 is 11.7 Å². The van der Waals surface area contributed by atoms with Gasteiger partial charge in [0.1, 0.15) is 5.65 Å². The number of pyridine rings is 1. The molecule has 0 aliphatic carbocycles. The van der Waals surface area contributed by atoms with Gasteiger partial charge in [0.25, 0.3) is 0 Å². The van der Waals surface area contributed by atoms with Crippen LogP contribution in [0.2, 0.25) is 0 Å². The third-order valence-electron chi connectivity index (χ3n) is 4.92. The van der Waals surface area contributed by atoms with Crippen molar-refractivity contribution < 1.29 is 5.21 Å². The first-order valence-corrected chi connectivity index (χ1v) is 10.2. The third kappa shape index (κ3) is 5.69. The summed E-state index contributed by atoms with van der Waals surface area (Å²) in [5.74, 6) is 0.704. The Labute approximate surface area is 169 Å². The first-order chi connectivity index (χ1) is 13.2. The number of aromatic nitrogens is 2. The molecule has 0 aliphatic rings. The largest absolute Gasteiger partial charge is 0.302 e. The summed E-state index contributed by atoms with van der Waals surface area (Å²) in [4.78, 5) is 7.49. The standard InChI is InChI=1S/C23H36N4O/c1-8-26(13-11-17(2)3)16-20-22(23(5,6)7)24-21-15-19(12-14-27(20)21)10-9-18(4)25-28/h9-10,12,14-15,17,25,28H,4,8,11,13,16H2,1-3,5-7H3/b10-9+. The third-order valence-corrected chi connectivity index (χ3v) is 4.92. The maximum absolute atomic E-state index is 8.88. The zero-order valence-electron chi connectivity index (χ0n) is 18.3. The Bertz CT molecular complexity index is 827. The zero-order chi connectivity index (χ0) is 20.9. The highest BCUT2D eigenvalue weighted by Gasteiger charge is 2.25. The number of hydroxylamine groups is 1. The normalized spacial score (nSPS) is 12.6. The van der Waals surface area contributed by atoms with Crippen LogP contribution in [0.1, 0.15) is 64.9 Å². The van der Waals surface area contributed by atoms with Crippen LogP contribution >= 0.6 is 0 Å². The Morgan fingerprint density at radius 2 is 2.11 bits per heavy atom. The number of hydrogen-bond acceptors (Lipinski definition) is 4. The fourth-order valence-electron chi connectivity index (χ4n) is 3.20. The second-order valence-corrected chi connectivity index (χ2v) is 8.87. The van der Waals surface area contributed by atoms with Gasteiger partial charge in [-0.2, -0.15) is 0 Å². The second-order valence-electron chi connectivity index (χ2n) is 8.87. The minimum absolute atomic E-state index is 0.0239. The lowest BCUT2D eigenvalue weighted by Crippen LogP contribution is -2.27. The summed E-state index contributed by atoms with van der Waals surface area (Å²) in [7, 11) is 0. The zero-order valence-corrected chi connectivity index (χ0v) is 18.3. The van der Waals surface area contributed by atoms with Gasteiger partial charge in [0, 0.05) is 18.2 Å². The Morgan fingerprint density at radius 1 is 1.39 bits per heavy atom. The molecule has 0 atom stereocenters. The second kappa shape index (κ2) is 9.39. The maximum Gasteiger partial charge on any atom is 0.137 e. The van der Waals surface area contributed by atoms with Crippen LogP contribution in [0.15, 0.2) is 36.7 Å². The van der Waals surface area contributed by atoms with E-state index in [4.69, 9.17) is 10.2 Å². The maximum atomic E-state index is 8.88. The van der Waals surface area contributed by atoms with Crippen LogP contribution in [-0.4, -0.2) is 32.6 Å². The lowest BCUT2D eigenvalue weighted by molar-refractivity contribution is 0.205. The summed E-state index contributed by atoms with van der Waals surface area (Å²) in [6, 6.07) is 4.14. The topological polar surface area (TPSA) is 52.8 Å². The Kier molecular flexibility index (Phi) is 7.44. The van der Waals surface area contributed by atoms with Gasteiger partial charge in [-0.05, 0) is 49.2 Å². The van der Waals surface area contributed by atoms with Gasteiger partial charge in [-0.15, -0.1) is 0 Å². The van der Waals surface area contributed by atoms with Crippen molar-refractivity contribution in [2.24, 2.45) is 5.92 Å². The molecular formula is C23H36N4O. The quantitative estimate of drug-likeness (QED) is 0.471. The van der Waals surface area contributed by atoms with Crippen molar-refractivity contribution in [3.8, 4) is 0 Å². The molecule has 0 fully saturated rings. The number of fused-ring (bicyclic) bond motifs is 1. The van der Waals surface area contributed by atoms with Crippen molar-refractivity contribution in [2.45, 2.75) is 59.9 Å². The van der Waals surface area contributed by atoms with E-state index < -0.39 is 0 Å². The first kappa shape index (κ1) is 22.2. The molecule has 2 aromatic rings. The molecule has 0 radical (unpaired) electrons. The number of hydrogen-bond donors (Lipinski definition) is 2. The van der Waals surface area contributed by atoms with E-state index in [1.807, 2.05) is 11.6 Å². The Balaban J connectivity index is 2.42. The molecule has 0 saturated carbocycles. The molecule has 0 spiro atoms. The summed E-state index contributed by atoms with van der Waals surface area (Å²) in [5, 5.41) is 8.88. The Morgan fingerprint density at radius 3 is 2.68 bits per heavy atom. The number of nitrogens with zero attached hydrogens (tertiary/aromatic N) is 3. The van der Waals surface area contributed by atoms with Gasteiger partial charge in [0.05, 0.1) is 17.1 Å². The molecule has 0 amide bonds. The van der Waals surface area contributed by atoms with Crippen molar-refractivity contribution in [3.63, 3.8) is 0 Å². The van der Waals surface area contributed by atoms with Crippen LogP contribution in [-0.2, 0) is 12.0 Å². The monoisotopic (exact) mass is 384 g/mol. The minimum atomic E-state index is -0.0239. The molecule has 0 aliphatic heterocycles. The molecule has 0 aromatic carbocycles. The molecule has 0 bridgehead atoms. The lowest BCUT2D eigenvalue weighted by atomic mass is 9.90. The van der Waals surface area contributed by atoms with Crippen LogP contribution in [0.25, 0.3) is 11.7 Å². The predicted octanol–water partition coefficient (Wildman–Crippen LogP) is 5.01. The van der Waals surface area contributed by atoms with Gasteiger partial charge in [0.2, 0.25) is 0 Å². The summed E-state index contributed by atoms with van der Waals surface area (Å²) < 4.78 is 2.22. The highest BCUT2D eigenvalue weighted by molar-refractivity contribution is 5.59. The number of rotatable bonds is 9. The highest BCUT2D eigenvalue weighted by Crippen LogP contribution is 2.28. The van der Waals surface area contributed by atoms with Crippen LogP contribution in [0.4, 0.5) is 0 Å². The van der Waals surface area contributed by atoms with Gasteiger partial charge >= 0.3 is 0 Å². The van der Waals surface area contributed by atoms with E-state index in [-0.39, 0.29) is 5.41 Å². The fraction of sp³-hybridized carbons (Fsp3) is 0.522. The first-order valence-electron chi connectivity index (χ1n) is 10.2. The molecule has 0 unspecified atom stereocenters. The summed E-state index contributed by atoms with van der Waals surface area (Å²) in [6.07, 6.45) is 6.95. The van der Waals surface area contributed by atoms with Crippen molar-refractivity contribution in [3.05, 3.63) is 53.6 Å². The van der Waals surface area contributed by atoms with Crippen LogP contribution in [0, 0.1) is 5.92 Å². The van der Waals surface area contributed by atoms with E-state index in [1.54, 1.807) is 6.08 Å². The molecule has 5 heteroatoms. The van der Waals surface area contributed by atoms with Crippen molar-refractivity contribution in [1.82, 2.24) is 19.8 Å². The van der Waals surface area contributed by atoms with Gasteiger partial charge in [-0.25, -0.2) is 4.98 Å². The molecule has 154 valence electrons. The lowest BCUT2D eigenvalue weighted by Gasteiger charge is -2.24.